The number of amides is 3. The number of rotatable bonds is 7. The van der Waals surface area contributed by atoms with Crippen molar-refractivity contribution in [2.45, 2.75) is 39.3 Å². The molecule has 2 aromatic rings. The van der Waals surface area contributed by atoms with Gasteiger partial charge < -0.3 is 10.6 Å². The average Bonchev–Trinajstić information content (AvgIpc) is 3.17. The van der Waals surface area contributed by atoms with Crippen LogP contribution in [0.2, 0.25) is 0 Å². The molecule has 3 heterocycles. The molecule has 0 fully saturated rings. The van der Waals surface area contributed by atoms with Gasteiger partial charge in [0.1, 0.15) is 0 Å². The van der Waals surface area contributed by atoms with Gasteiger partial charge in [-0.2, -0.15) is 5.10 Å². The molecule has 0 saturated carbocycles. The predicted octanol–water partition coefficient (Wildman–Crippen LogP) is 1.32. The van der Waals surface area contributed by atoms with Crippen LogP contribution in [-0.2, 0) is 24.3 Å². The van der Waals surface area contributed by atoms with E-state index in [0.717, 1.165) is 29.7 Å². The third-order valence-corrected chi connectivity index (χ3v) is 4.10. The molecule has 1 aliphatic heterocycles. The van der Waals surface area contributed by atoms with Gasteiger partial charge >= 0.3 is 6.03 Å². The van der Waals surface area contributed by atoms with Gasteiger partial charge in [0.2, 0.25) is 5.91 Å². The fourth-order valence-corrected chi connectivity index (χ4v) is 2.75. The van der Waals surface area contributed by atoms with Crippen molar-refractivity contribution in [1.29, 1.82) is 0 Å². The Labute approximate surface area is 151 Å². The first-order valence-corrected chi connectivity index (χ1v) is 8.70. The molecule has 3 amide bonds. The highest BCUT2D eigenvalue weighted by Gasteiger charge is 2.26. The quantitative estimate of drug-likeness (QED) is 0.558. The van der Waals surface area contributed by atoms with Crippen molar-refractivity contribution in [3.8, 4) is 0 Å². The molecule has 9 nitrogen and oxygen atoms in total. The number of nitrogens with zero attached hydrogens (tertiary/aromatic N) is 3. The zero-order valence-corrected chi connectivity index (χ0v) is 14.7. The fourth-order valence-electron chi connectivity index (χ4n) is 2.75. The number of nitrogens with one attached hydrogen (secondary N) is 4. The number of unbranched alkanes of at least 4 members (excludes halogenated alkanes) is 1. The lowest BCUT2D eigenvalue weighted by atomic mass is 10.2. The van der Waals surface area contributed by atoms with Crippen LogP contribution in [0.3, 0.4) is 0 Å². The Morgan fingerprint density at radius 2 is 2.08 bits per heavy atom. The maximum atomic E-state index is 12.2. The van der Waals surface area contributed by atoms with E-state index >= 15 is 0 Å². The number of H-pyrrole nitrogens is 1. The highest BCUT2D eigenvalue weighted by atomic mass is 16.2. The van der Waals surface area contributed by atoms with Gasteiger partial charge in [-0.1, -0.05) is 13.3 Å². The molecule has 0 bridgehead atoms. The van der Waals surface area contributed by atoms with Gasteiger partial charge in [-0.25, -0.2) is 9.80 Å². The van der Waals surface area contributed by atoms with Crippen LogP contribution >= 0.6 is 0 Å². The Morgan fingerprint density at radius 3 is 2.85 bits per heavy atom. The van der Waals surface area contributed by atoms with Crippen molar-refractivity contribution in [2.24, 2.45) is 0 Å². The third kappa shape index (κ3) is 4.57. The van der Waals surface area contributed by atoms with Crippen LogP contribution in [0.15, 0.2) is 24.5 Å². The SMILES string of the molecule is CCCCNC(=O)NN1Cc2[nH]nc(NC(=O)Cc3ccncc3)c2C1. The Kier molecular flexibility index (Phi) is 5.80. The number of anilines is 1. The summed E-state index contributed by atoms with van der Waals surface area (Å²) >= 11 is 0. The third-order valence-electron chi connectivity index (χ3n) is 4.10. The number of carbonyl (C=O) groups excluding carboxylic acids is 2. The molecule has 0 atom stereocenters. The largest absolute Gasteiger partial charge is 0.337 e. The first-order valence-electron chi connectivity index (χ1n) is 8.70. The zero-order chi connectivity index (χ0) is 18.4. The Morgan fingerprint density at radius 1 is 1.27 bits per heavy atom. The topological polar surface area (TPSA) is 115 Å². The monoisotopic (exact) mass is 357 g/mol. The van der Waals surface area contributed by atoms with Gasteiger partial charge in [0.05, 0.1) is 18.7 Å². The van der Waals surface area contributed by atoms with Gasteiger partial charge in [0.15, 0.2) is 5.82 Å². The molecule has 26 heavy (non-hydrogen) atoms. The van der Waals surface area contributed by atoms with Crippen molar-refractivity contribution in [1.82, 2.24) is 30.9 Å². The maximum Gasteiger partial charge on any atom is 0.329 e. The van der Waals surface area contributed by atoms with Gasteiger partial charge in [-0.15, -0.1) is 0 Å². The second-order valence-corrected chi connectivity index (χ2v) is 6.19. The lowest BCUT2D eigenvalue weighted by Crippen LogP contribution is -2.45. The summed E-state index contributed by atoms with van der Waals surface area (Å²) in [7, 11) is 0. The molecule has 0 spiro atoms. The van der Waals surface area contributed by atoms with Gasteiger partial charge in [0.25, 0.3) is 0 Å². The number of fused-ring (bicyclic) bond motifs is 1. The van der Waals surface area contributed by atoms with Crippen molar-refractivity contribution >= 4 is 17.8 Å². The molecule has 3 rings (SSSR count). The van der Waals surface area contributed by atoms with Crippen molar-refractivity contribution in [3.63, 3.8) is 0 Å². The molecule has 9 heteroatoms. The Hall–Kier alpha value is -2.94. The van der Waals surface area contributed by atoms with Crippen molar-refractivity contribution in [2.75, 3.05) is 11.9 Å². The van der Waals surface area contributed by atoms with Crippen molar-refractivity contribution in [3.05, 3.63) is 41.3 Å². The number of aromatic nitrogens is 3. The standard InChI is InChI=1S/C17H23N7O2/c1-2-3-6-19-17(26)23-24-10-13-14(11-24)21-22-16(13)20-15(25)9-12-4-7-18-8-5-12/h4-5,7-8H,2-3,6,9-11H2,1H3,(H2,19,23,26)(H2,20,21,22,25). The lowest BCUT2D eigenvalue weighted by molar-refractivity contribution is -0.115. The summed E-state index contributed by atoms with van der Waals surface area (Å²) in [5, 5.41) is 14.5. The average molecular weight is 357 g/mol. The van der Waals surface area contributed by atoms with Gasteiger partial charge in [-0.3, -0.25) is 20.3 Å². The van der Waals surface area contributed by atoms with Crippen LogP contribution in [0.25, 0.3) is 0 Å². The molecular weight excluding hydrogens is 334 g/mol. The normalized spacial score (nSPS) is 13.3. The molecule has 1 aliphatic rings. The fraction of sp³-hybridized carbons (Fsp3) is 0.412. The second kappa shape index (κ2) is 8.43. The van der Waals surface area contributed by atoms with E-state index < -0.39 is 0 Å². The highest BCUT2D eigenvalue weighted by Crippen LogP contribution is 2.25. The Balaban J connectivity index is 1.52. The lowest BCUT2D eigenvalue weighted by Gasteiger charge is -2.17. The summed E-state index contributed by atoms with van der Waals surface area (Å²) in [6.45, 7) is 3.73. The number of pyridine rings is 1. The molecule has 0 saturated heterocycles. The second-order valence-electron chi connectivity index (χ2n) is 6.19. The van der Waals surface area contributed by atoms with Crippen LogP contribution in [0.1, 0.15) is 36.6 Å². The van der Waals surface area contributed by atoms with E-state index in [1.54, 1.807) is 29.5 Å². The summed E-state index contributed by atoms with van der Waals surface area (Å²) < 4.78 is 0. The summed E-state index contributed by atoms with van der Waals surface area (Å²) in [5.74, 6) is 0.365. The van der Waals surface area contributed by atoms with Crippen LogP contribution in [0, 0.1) is 0 Å². The van der Waals surface area contributed by atoms with Crippen LogP contribution in [0.4, 0.5) is 10.6 Å². The molecule has 138 valence electrons. The number of hydrazine groups is 1. The highest BCUT2D eigenvalue weighted by molar-refractivity contribution is 5.92. The number of aromatic amines is 1. The van der Waals surface area contributed by atoms with Gasteiger partial charge in [0, 0.05) is 31.0 Å². The molecule has 0 radical (unpaired) electrons. The van der Waals surface area contributed by atoms with E-state index in [2.05, 4.69) is 38.2 Å². The maximum absolute atomic E-state index is 12.2. The number of carbonyl (C=O) groups is 2. The van der Waals surface area contributed by atoms with Gasteiger partial charge in [-0.05, 0) is 24.1 Å². The van der Waals surface area contributed by atoms with Crippen LogP contribution in [-0.4, -0.2) is 38.7 Å². The first-order chi connectivity index (χ1) is 12.7. The summed E-state index contributed by atoms with van der Waals surface area (Å²) in [6, 6.07) is 3.38. The van der Waals surface area contributed by atoms with E-state index in [9.17, 15) is 9.59 Å². The molecule has 4 N–H and O–H groups in total. The van der Waals surface area contributed by atoms with Crippen LogP contribution < -0.4 is 16.1 Å². The van der Waals surface area contributed by atoms with E-state index in [-0.39, 0.29) is 18.4 Å². The van der Waals surface area contributed by atoms with E-state index in [1.165, 1.54) is 0 Å². The minimum Gasteiger partial charge on any atom is -0.337 e. The molecular formula is C17H23N7O2. The summed E-state index contributed by atoms with van der Waals surface area (Å²) in [4.78, 5) is 28.0. The van der Waals surface area contributed by atoms with E-state index in [0.29, 0.717) is 25.5 Å². The number of hydrogen-bond acceptors (Lipinski definition) is 5. The molecule has 0 aliphatic carbocycles. The predicted molar refractivity (Wildman–Crippen MR) is 95.8 cm³/mol. The molecule has 0 unspecified atom stereocenters. The van der Waals surface area contributed by atoms with E-state index in [4.69, 9.17) is 0 Å². The summed E-state index contributed by atoms with van der Waals surface area (Å²) in [5.41, 5.74) is 5.47. The smallest absolute Gasteiger partial charge is 0.329 e. The zero-order valence-electron chi connectivity index (χ0n) is 14.7. The summed E-state index contributed by atoms with van der Waals surface area (Å²) in [6.07, 6.45) is 5.55. The molecule has 2 aromatic heterocycles. The number of urea groups is 1. The van der Waals surface area contributed by atoms with Crippen molar-refractivity contribution < 1.29 is 9.59 Å². The first kappa shape index (κ1) is 17.9. The number of hydrogen-bond donors (Lipinski definition) is 4. The Bertz CT molecular complexity index is 760. The molecule has 0 aromatic carbocycles. The minimum absolute atomic E-state index is 0.144. The van der Waals surface area contributed by atoms with Crippen LogP contribution in [0.5, 0.6) is 0 Å². The van der Waals surface area contributed by atoms with E-state index in [1.807, 2.05) is 0 Å². The minimum atomic E-state index is -0.222.